The predicted molar refractivity (Wildman–Crippen MR) is 77.0 cm³/mol. The van der Waals surface area contributed by atoms with Gasteiger partial charge in [-0.2, -0.15) is 15.0 Å². The van der Waals surface area contributed by atoms with Crippen LogP contribution in [0.2, 0.25) is 0 Å². The standard InChI is InChI=1S/C13H16N6/c1-3-8-19(10-7-5-4-6-9(10)2)13-17-11(14)16-12(15)18-13/h3-7H,1,8H2,2H3,(H4,14,15,16,17,18). The van der Waals surface area contributed by atoms with Crippen molar-refractivity contribution in [2.75, 3.05) is 22.9 Å². The molecule has 0 fully saturated rings. The largest absolute Gasteiger partial charge is 0.368 e. The zero-order valence-electron chi connectivity index (χ0n) is 10.7. The topological polar surface area (TPSA) is 94.0 Å². The molecule has 2 aromatic rings. The molecule has 6 nitrogen and oxygen atoms in total. The molecular formula is C13H16N6. The van der Waals surface area contributed by atoms with Crippen molar-refractivity contribution in [3.63, 3.8) is 0 Å². The second-order valence-corrected chi connectivity index (χ2v) is 4.04. The van der Waals surface area contributed by atoms with E-state index in [9.17, 15) is 0 Å². The number of nitrogens with two attached hydrogens (primary N) is 2. The molecule has 0 unspecified atom stereocenters. The molecular weight excluding hydrogens is 240 g/mol. The number of nitrogen functional groups attached to an aromatic ring is 2. The first-order chi connectivity index (χ1) is 9.11. The van der Waals surface area contributed by atoms with Crippen molar-refractivity contribution in [3.8, 4) is 0 Å². The minimum atomic E-state index is 0.102. The van der Waals surface area contributed by atoms with Crippen molar-refractivity contribution in [3.05, 3.63) is 42.5 Å². The van der Waals surface area contributed by atoms with Crippen LogP contribution in [0.25, 0.3) is 0 Å². The first-order valence-electron chi connectivity index (χ1n) is 5.83. The molecule has 19 heavy (non-hydrogen) atoms. The van der Waals surface area contributed by atoms with E-state index in [4.69, 9.17) is 11.5 Å². The maximum absolute atomic E-state index is 5.61. The van der Waals surface area contributed by atoms with Gasteiger partial charge in [0.25, 0.3) is 0 Å². The van der Waals surface area contributed by atoms with E-state index in [1.54, 1.807) is 6.08 Å². The van der Waals surface area contributed by atoms with Gasteiger partial charge in [0.2, 0.25) is 17.8 Å². The molecule has 0 atom stereocenters. The van der Waals surface area contributed by atoms with Crippen molar-refractivity contribution in [1.82, 2.24) is 15.0 Å². The summed E-state index contributed by atoms with van der Waals surface area (Å²) in [7, 11) is 0. The SMILES string of the molecule is C=CCN(c1nc(N)nc(N)n1)c1ccccc1C. The third kappa shape index (κ3) is 2.79. The number of rotatable bonds is 4. The Hall–Kier alpha value is -2.63. The lowest BCUT2D eigenvalue weighted by atomic mass is 10.2. The van der Waals surface area contributed by atoms with Gasteiger partial charge < -0.3 is 16.4 Å². The number of aromatic nitrogens is 3. The molecule has 1 aromatic heterocycles. The van der Waals surface area contributed by atoms with Gasteiger partial charge in [-0.05, 0) is 18.6 Å². The van der Waals surface area contributed by atoms with Gasteiger partial charge in [0.15, 0.2) is 0 Å². The maximum atomic E-state index is 5.61. The van der Waals surface area contributed by atoms with E-state index < -0.39 is 0 Å². The second-order valence-electron chi connectivity index (χ2n) is 4.04. The molecule has 0 radical (unpaired) electrons. The normalized spacial score (nSPS) is 10.2. The Labute approximate surface area is 111 Å². The third-order valence-electron chi connectivity index (χ3n) is 2.62. The van der Waals surface area contributed by atoms with Gasteiger partial charge in [-0.1, -0.05) is 24.3 Å². The van der Waals surface area contributed by atoms with Crippen molar-refractivity contribution in [2.45, 2.75) is 6.92 Å². The average molecular weight is 256 g/mol. The Morgan fingerprint density at radius 1 is 1.16 bits per heavy atom. The first-order valence-corrected chi connectivity index (χ1v) is 5.83. The van der Waals surface area contributed by atoms with Crippen LogP contribution < -0.4 is 16.4 Å². The molecule has 0 aliphatic heterocycles. The number of hydrogen-bond acceptors (Lipinski definition) is 6. The number of para-hydroxylation sites is 1. The summed E-state index contributed by atoms with van der Waals surface area (Å²) < 4.78 is 0. The summed E-state index contributed by atoms with van der Waals surface area (Å²) in [6.07, 6.45) is 1.77. The summed E-state index contributed by atoms with van der Waals surface area (Å²) in [6.45, 7) is 6.31. The summed E-state index contributed by atoms with van der Waals surface area (Å²) >= 11 is 0. The molecule has 1 aromatic carbocycles. The third-order valence-corrected chi connectivity index (χ3v) is 2.62. The second kappa shape index (κ2) is 5.34. The predicted octanol–water partition coefficient (Wildman–Crippen LogP) is 1.67. The van der Waals surface area contributed by atoms with E-state index in [-0.39, 0.29) is 11.9 Å². The van der Waals surface area contributed by atoms with Crippen LogP contribution in [0.3, 0.4) is 0 Å². The Kier molecular flexibility index (Phi) is 3.61. The van der Waals surface area contributed by atoms with Crippen LogP contribution in [0.4, 0.5) is 23.5 Å². The van der Waals surface area contributed by atoms with Gasteiger partial charge >= 0.3 is 0 Å². The fraction of sp³-hybridized carbons (Fsp3) is 0.154. The molecule has 0 saturated carbocycles. The van der Waals surface area contributed by atoms with Crippen molar-refractivity contribution in [2.24, 2.45) is 0 Å². The minimum Gasteiger partial charge on any atom is -0.368 e. The molecule has 0 bridgehead atoms. The van der Waals surface area contributed by atoms with E-state index >= 15 is 0 Å². The van der Waals surface area contributed by atoms with E-state index in [0.717, 1.165) is 11.3 Å². The summed E-state index contributed by atoms with van der Waals surface area (Å²) in [5, 5.41) is 0. The van der Waals surface area contributed by atoms with E-state index in [1.165, 1.54) is 0 Å². The number of anilines is 4. The highest BCUT2D eigenvalue weighted by atomic mass is 15.3. The van der Waals surface area contributed by atoms with Crippen LogP contribution in [-0.2, 0) is 0 Å². The summed E-state index contributed by atoms with van der Waals surface area (Å²) in [4.78, 5) is 13.9. The molecule has 2 rings (SSSR count). The minimum absolute atomic E-state index is 0.102. The summed E-state index contributed by atoms with van der Waals surface area (Å²) in [5.74, 6) is 0.620. The lowest BCUT2D eigenvalue weighted by molar-refractivity contribution is 0.962. The molecule has 98 valence electrons. The van der Waals surface area contributed by atoms with Crippen LogP contribution in [0.1, 0.15) is 5.56 Å². The lowest BCUT2D eigenvalue weighted by Gasteiger charge is -2.23. The zero-order valence-corrected chi connectivity index (χ0v) is 10.7. The number of hydrogen-bond donors (Lipinski definition) is 2. The Bertz CT molecular complexity index is 575. The molecule has 1 heterocycles. The fourth-order valence-electron chi connectivity index (χ4n) is 1.80. The highest BCUT2D eigenvalue weighted by Crippen LogP contribution is 2.25. The smallest absolute Gasteiger partial charge is 0.236 e. The first kappa shape index (κ1) is 12.8. The molecule has 0 amide bonds. The zero-order chi connectivity index (χ0) is 13.8. The molecule has 0 saturated heterocycles. The highest BCUT2D eigenvalue weighted by Gasteiger charge is 2.14. The summed E-state index contributed by atoms with van der Waals surface area (Å²) in [5.41, 5.74) is 13.3. The van der Waals surface area contributed by atoms with Crippen molar-refractivity contribution < 1.29 is 0 Å². The molecule has 4 N–H and O–H groups in total. The molecule has 6 heteroatoms. The van der Waals surface area contributed by atoms with Crippen molar-refractivity contribution >= 4 is 23.5 Å². The van der Waals surface area contributed by atoms with Crippen LogP contribution in [0.5, 0.6) is 0 Å². The highest BCUT2D eigenvalue weighted by molar-refractivity contribution is 5.62. The van der Waals surface area contributed by atoms with Gasteiger partial charge in [0.05, 0.1) is 0 Å². The van der Waals surface area contributed by atoms with Crippen LogP contribution in [0, 0.1) is 6.92 Å². The van der Waals surface area contributed by atoms with Crippen molar-refractivity contribution in [1.29, 1.82) is 0 Å². The maximum Gasteiger partial charge on any atom is 0.236 e. The van der Waals surface area contributed by atoms with Crippen LogP contribution in [-0.4, -0.2) is 21.5 Å². The summed E-state index contributed by atoms with van der Waals surface area (Å²) in [6, 6.07) is 7.92. The van der Waals surface area contributed by atoms with Gasteiger partial charge in [0, 0.05) is 12.2 Å². The molecule has 0 aliphatic rings. The molecule has 0 aliphatic carbocycles. The Morgan fingerprint density at radius 3 is 2.37 bits per heavy atom. The monoisotopic (exact) mass is 256 g/mol. The Balaban J connectivity index is 2.51. The average Bonchev–Trinajstić information content (AvgIpc) is 2.36. The van der Waals surface area contributed by atoms with E-state index in [0.29, 0.717) is 12.5 Å². The van der Waals surface area contributed by atoms with Gasteiger partial charge in [-0.3, -0.25) is 0 Å². The molecule has 0 spiro atoms. The van der Waals surface area contributed by atoms with Gasteiger partial charge in [-0.15, -0.1) is 6.58 Å². The quantitative estimate of drug-likeness (QED) is 0.808. The number of aryl methyl sites for hydroxylation is 1. The van der Waals surface area contributed by atoms with Crippen LogP contribution in [0.15, 0.2) is 36.9 Å². The lowest BCUT2D eigenvalue weighted by Crippen LogP contribution is -2.22. The number of benzene rings is 1. The number of nitrogens with zero attached hydrogens (tertiary/aromatic N) is 4. The van der Waals surface area contributed by atoms with E-state index in [2.05, 4.69) is 21.5 Å². The van der Waals surface area contributed by atoms with Gasteiger partial charge in [0.1, 0.15) is 0 Å². The fourth-order valence-corrected chi connectivity index (χ4v) is 1.80. The van der Waals surface area contributed by atoms with E-state index in [1.807, 2.05) is 36.1 Å². The van der Waals surface area contributed by atoms with Gasteiger partial charge in [-0.25, -0.2) is 0 Å². The Morgan fingerprint density at radius 2 is 1.79 bits per heavy atom. The van der Waals surface area contributed by atoms with Crippen LogP contribution >= 0.6 is 0 Å².